The Labute approximate surface area is 120 Å². The summed E-state index contributed by atoms with van der Waals surface area (Å²) < 4.78 is 5.36. The Morgan fingerprint density at radius 3 is 2.30 bits per heavy atom. The molecule has 1 aliphatic heterocycles. The number of ether oxygens (including phenoxy) is 1. The molecule has 1 aliphatic carbocycles. The Kier molecular flexibility index (Phi) is 3.98. The first-order chi connectivity index (χ1) is 9.22. The van der Waals surface area contributed by atoms with Crippen LogP contribution in [0.3, 0.4) is 0 Å². The maximum absolute atomic E-state index is 12.2. The van der Waals surface area contributed by atoms with Crippen LogP contribution in [-0.4, -0.2) is 40.3 Å². The van der Waals surface area contributed by atoms with E-state index in [1.165, 1.54) is 11.3 Å². The van der Waals surface area contributed by atoms with Crippen LogP contribution in [0.1, 0.15) is 59.3 Å². The topological polar surface area (TPSA) is 66.8 Å². The van der Waals surface area contributed by atoms with E-state index in [2.05, 4.69) is 0 Å². The van der Waals surface area contributed by atoms with Crippen molar-refractivity contribution in [2.75, 3.05) is 6.54 Å². The summed E-state index contributed by atoms with van der Waals surface area (Å²) >= 11 is 0. The smallest absolute Gasteiger partial charge is 0.411 e. The van der Waals surface area contributed by atoms with Crippen LogP contribution in [0, 0.1) is 5.41 Å². The molecule has 2 aliphatic rings. The van der Waals surface area contributed by atoms with E-state index in [0.29, 0.717) is 13.0 Å². The lowest BCUT2D eigenvalue weighted by molar-refractivity contribution is -0.142. The van der Waals surface area contributed by atoms with Gasteiger partial charge in [0.1, 0.15) is 11.6 Å². The number of amides is 1. The molecule has 1 spiro atoms. The van der Waals surface area contributed by atoms with Gasteiger partial charge in [-0.1, -0.05) is 19.3 Å². The average molecular weight is 283 g/mol. The number of carboxylic acid groups (broad SMARTS) is 1. The second-order valence-electron chi connectivity index (χ2n) is 7.23. The Balaban J connectivity index is 2.13. The van der Waals surface area contributed by atoms with Gasteiger partial charge in [-0.3, -0.25) is 4.90 Å². The lowest BCUT2D eigenvalue weighted by Crippen LogP contribution is -2.43. The van der Waals surface area contributed by atoms with E-state index >= 15 is 0 Å². The molecule has 1 N–H and O–H groups in total. The molecule has 2 fully saturated rings. The number of aliphatic carboxylic acids is 1. The van der Waals surface area contributed by atoms with E-state index in [0.717, 1.165) is 25.7 Å². The highest BCUT2D eigenvalue weighted by Crippen LogP contribution is 2.46. The Morgan fingerprint density at radius 1 is 1.20 bits per heavy atom. The molecule has 0 aromatic carbocycles. The summed E-state index contributed by atoms with van der Waals surface area (Å²) in [5.74, 6) is -0.918. The van der Waals surface area contributed by atoms with Gasteiger partial charge < -0.3 is 9.84 Å². The molecule has 0 unspecified atom stereocenters. The fourth-order valence-corrected chi connectivity index (χ4v) is 3.45. The Bertz CT molecular complexity index is 393. The number of carboxylic acids is 1. The molecule has 0 aromatic rings. The monoisotopic (exact) mass is 283 g/mol. The molecule has 1 amide bonds. The first kappa shape index (κ1) is 15.1. The largest absolute Gasteiger partial charge is 0.480 e. The average Bonchev–Trinajstić information content (AvgIpc) is 2.68. The summed E-state index contributed by atoms with van der Waals surface area (Å²) in [7, 11) is 0. The first-order valence-electron chi connectivity index (χ1n) is 7.45. The van der Waals surface area contributed by atoms with Crippen molar-refractivity contribution in [3.8, 4) is 0 Å². The molecule has 1 atom stereocenters. The van der Waals surface area contributed by atoms with Gasteiger partial charge in [0, 0.05) is 6.54 Å². The lowest BCUT2D eigenvalue weighted by Gasteiger charge is -2.33. The fourth-order valence-electron chi connectivity index (χ4n) is 3.45. The SMILES string of the molecule is CC(C)(C)OC(=O)N1CC2(CCCCC2)C[C@H]1C(=O)O. The molecule has 5 nitrogen and oxygen atoms in total. The molecule has 0 bridgehead atoms. The Morgan fingerprint density at radius 2 is 1.80 bits per heavy atom. The summed E-state index contributed by atoms with van der Waals surface area (Å²) in [6.45, 7) is 5.92. The normalized spacial score (nSPS) is 25.8. The number of carbonyl (C=O) groups excluding carboxylic acids is 1. The van der Waals surface area contributed by atoms with Crippen molar-refractivity contribution in [2.24, 2.45) is 5.41 Å². The summed E-state index contributed by atoms with van der Waals surface area (Å²) in [5, 5.41) is 9.40. The van der Waals surface area contributed by atoms with Gasteiger partial charge in [-0.15, -0.1) is 0 Å². The summed E-state index contributed by atoms with van der Waals surface area (Å²) in [6, 6.07) is -0.733. The van der Waals surface area contributed by atoms with E-state index in [1.54, 1.807) is 20.8 Å². The van der Waals surface area contributed by atoms with Gasteiger partial charge in [-0.2, -0.15) is 0 Å². The van der Waals surface area contributed by atoms with E-state index in [9.17, 15) is 14.7 Å². The first-order valence-corrected chi connectivity index (χ1v) is 7.45. The molecular weight excluding hydrogens is 258 g/mol. The van der Waals surface area contributed by atoms with Crippen LogP contribution in [0.2, 0.25) is 0 Å². The number of likely N-dealkylation sites (tertiary alicyclic amines) is 1. The van der Waals surface area contributed by atoms with Crippen molar-refractivity contribution < 1.29 is 19.4 Å². The summed E-state index contributed by atoms with van der Waals surface area (Å²) in [4.78, 5) is 25.1. The number of rotatable bonds is 1. The van der Waals surface area contributed by atoms with Crippen LogP contribution >= 0.6 is 0 Å². The van der Waals surface area contributed by atoms with Crippen LogP contribution in [-0.2, 0) is 9.53 Å². The zero-order valence-corrected chi connectivity index (χ0v) is 12.6. The van der Waals surface area contributed by atoms with E-state index in [4.69, 9.17) is 4.74 Å². The van der Waals surface area contributed by atoms with Gasteiger partial charge >= 0.3 is 12.1 Å². The second-order valence-corrected chi connectivity index (χ2v) is 7.23. The van der Waals surface area contributed by atoms with Crippen LogP contribution in [0.5, 0.6) is 0 Å². The van der Waals surface area contributed by atoms with Crippen molar-refractivity contribution >= 4 is 12.1 Å². The molecule has 5 heteroatoms. The fraction of sp³-hybridized carbons (Fsp3) is 0.867. The van der Waals surface area contributed by atoms with Gasteiger partial charge in [0.25, 0.3) is 0 Å². The van der Waals surface area contributed by atoms with Gasteiger partial charge in [-0.25, -0.2) is 9.59 Å². The molecule has 1 saturated heterocycles. The van der Waals surface area contributed by atoms with Crippen LogP contribution < -0.4 is 0 Å². The quantitative estimate of drug-likeness (QED) is 0.803. The van der Waals surface area contributed by atoms with Gasteiger partial charge in [-0.05, 0) is 45.4 Å². The predicted octanol–water partition coefficient (Wildman–Crippen LogP) is 3.03. The molecule has 0 radical (unpaired) electrons. The van der Waals surface area contributed by atoms with Crippen molar-refractivity contribution in [3.05, 3.63) is 0 Å². The van der Waals surface area contributed by atoms with Crippen LogP contribution in [0.25, 0.3) is 0 Å². The molecule has 20 heavy (non-hydrogen) atoms. The standard InChI is InChI=1S/C15H25NO4/c1-14(2,3)20-13(19)16-10-15(7-5-4-6-8-15)9-11(16)12(17)18/h11H,4-10H2,1-3H3,(H,17,18)/t11-/m0/s1. The second kappa shape index (κ2) is 5.26. The predicted molar refractivity (Wildman–Crippen MR) is 74.5 cm³/mol. The van der Waals surface area contributed by atoms with Gasteiger partial charge in [0.05, 0.1) is 0 Å². The molecule has 1 saturated carbocycles. The molecule has 1 heterocycles. The third-order valence-electron chi connectivity index (χ3n) is 4.34. The highest BCUT2D eigenvalue weighted by atomic mass is 16.6. The zero-order valence-electron chi connectivity index (χ0n) is 12.6. The van der Waals surface area contributed by atoms with Crippen molar-refractivity contribution in [2.45, 2.75) is 70.9 Å². The maximum Gasteiger partial charge on any atom is 0.411 e. The van der Waals surface area contributed by atoms with E-state index in [1.807, 2.05) is 0 Å². The third-order valence-corrected chi connectivity index (χ3v) is 4.34. The summed E-state index contributed by atoms with van der Waals surface area (Å²) in [5.41, 5.74) is -0.597. The highest BCUT2D eigenvalue weighted by Gasteiger charge is 2.49. The van der Waals surface area contributed by atoms with Crippen molar-refractivity contribution in [3.63, 3.8) is 0 Å². The van der Waals surface area contributed by atoms with Crippen LogP contribution in [0.4, 0.5) is 4.79 Å². The maximum atomic E-state index is 12.2. The van der Waals surface area contributed by atoms with Crippen LogP contribution in [0.15, 0.2) is 0 Å². The van der Waals surface area contributed by atoms with Crippen molar-refractivity contribution in [1.82, 2.24) is 4.90 Å². The van der Waals surface area contributed by atoms with Gasteiger partial charge in [0.2, 0.25) is 0 Å². The minimum Gasteiger partial charge on any atom is -0.480 e. The third kappa shape index (κ3) is 3.25. The molecule has 114 valence electrons. The number of nitrogens with zero attached hydrogens (tertiary/aromatic N) is 1. The van der Waals surface area contributed by atoms with Crippen molar-refractivity contribution in [1.29, 1.82) is 0 Å². The lowest BCUT2D eigenvalue weighted by atomic mass is 9.73. The summed E-state index contributed by atoms with van der Waals surface area (Å²) in [6.07, 6.45) is 5.61. The van der Waals surface area contributed by atoms with E-state index < -0.39 is 23.7 Å². The zero-order chi connectivity index (χ0) is 15.0. The molecule has 0 aromatic heterocycles. The number of hydrogen-bond acceptors (Lipinski definition) is 3. The highest BCUT2D eigenvalue weighted by molar-refractivity contribution is 5.81. The van der Waals surface area contributed by atoms with Gasteiger partial charge in [0.15, 0.2) is 0 Å². The number of hydrogen-bond donors (Lipinski definition) is 1. The molecular formula is C15H25NO4. The minimum absolute atomic E-state index is 0.00177. The minimum atomic E-state index is -0.918. The molecule has 2 rings (SSSR count). The van der Waals surface area contributed by atoms with E-state index in [-0.39, 0.29) is 5.41 Å². The number of carbonyl (C=O) groups is 2. The Hall–Kier alpha value is -1.26.